The van der Waals surface area contributed by atoms with Crippen LogP contribution < -0.4 is 11.1 Å². The lowest BCUT2D eigenvalue weighted by Crippen LogP contribution is -2.36. The molecule has 4 heteroatoms. The van der Waals surface area contributed by atoms with E-state index in [0.717, 1.165) is 25.0 Å². The number of nitrogens with two attached hydrogens (primary N) is 1. The van der Waals surface area contributed by atoms with Crippen LogP contribution >= 0.6 is 0 Å². The summed E-state index contributed by atoms with van der Waals surface area (Å²) in [6, 6.07) is 8.73. The number of nitrogens with one attached hydrogen (secondary N) is 1. The third kappa shape index (κ3) is 5.29. The molecule has 1 unspecified atom stereocenters. The van der Waals surface area contributed by atoms with Crippen molar-refractivity contribution in [3.05, 3.63) is 35.9 Å². The smallest absolute Gasteiger partial charge is 0.241 e. The third-order valence-electron chi connectivity index (χ3n) is 2.63. The van der Waals surface area contributed by atoms with Gasteiger partial charge in [0.2, 0.25) is 5.91 Å². The molecule has 0 aromatic heterocycles. The van der Waals surface area contributed by atoms with Crippen molar-refractivity contribution in [1.82, 2.24) is 5.32 Å². The Morgan fingerprint density at radius 1 is 1.33 bits per heavy atom. The van der Waals surface area contributed by atoms with Crippen molar-refractivity contribution in [1.29, 1.82) is 0 Å². The van der Waals surface area contributed by atoms with Crippen molar-refractivity contribution in [2.24, 2.45) is 5.73 Å². The van der Waals surface area contributed by atoms with Gasteiger partial charge in [-0.1, -0.05) is 43.7 Å². The topological polar surface area (TPSA) is 64.3 Å². The van der Waals surface area contributed by atoms with Crippen LogP contribution in [0.25, 0.3) is 0 Å². The molecule has 0 radical (unpaired) electrons. The summed E-state index contributed by atoms with van der Waals surface area (Å²) in [4.78, 5) is 11.7. The van der Waals surface area contributed by atoms with Crippen molar-refractivity contribution >= 4 is 5.91 Å². The maximum Gasteiger partial charge on any atom is 0.241 e. The zero-order valence-corrected chi connectivity index (χ0v) is 10.9. The average Bonchev–Trinajstić information content (AvgIpc) is 2.42. The molecule has 1 aromatic rings. The molecule has 100 valence electrons. The minimum atomic E-state index is -0.609. The fourth-order valence-electron chi connectivity index (χ4n) is 1.52. The molecule has 4 nitrogen and oxygen atoms in total. The van der Waals surface area contributed by atoms with Crippen molar-refractivity contribution < 1.29 is 9.53 Å². The Morgan fingerprint density at radius 2 is 2.06 bits per heavy atom. The van der Waals surface area contributed by atoms with Crippen molar-refractivity contribution in [2.45, 2.75) is 25.8 Å². The highest BCUT2D eigenvalue weighted by Gasteiger charge is 2.14. The van der Waals surface area contributed by atoms with E-state index in [1.165, 1.54) is 0 Å². The number of hydrogen-bond donors (Lipinski definition) is 2. The Morgan fingerprint density at radius 3 is 2.72 bits per heavy atom. The second kappa shape index (κ2) is 8.66. The van der Waals surface area contributed by atoms with E-state index in [4.69, 9.17) is 10.5 Å². The zero-order valence-electron chi connectivity index (χ0n) is 10.9. The van der Waals surface area contributed by atoms with Crippen LogP contribution in [0.1, 0.15) is 31.4 Å². The molecule has 0 aliphatic carbocycles. The number of unbranched alkanes of at least 4 members (excludes halogenated alkanes) is 1. The first-order chi connectivity index (χ1) is 8.75. The van der Waals surface area contributed by atoms with Crippen molar-refractivity contribution in [3.63, 3.8) is 0 Å². The Balaban J connectivity index is 2.20. The predicted molar refractivity (Wildman–Crippen MR) is 72.1 cm³/mol. The minimum Gasteiger partial charge on any atom is -0.380 e. The van der Waals surface area contributed by atoms with E-state index in [1.54, 1.807) is 0 Å². The summed E-state index contributed by atoms with van der Waals surface area (Å²) in [5.74, 6) is -0.166. The van der Waals surface area contributed by atoms with Crippen LogP contribution in [0, 0.1) is 0 Å². The van der Waals surface area contributed by atoms with Crippen LogP contribution in [0.2, 0.25) is 0 Å². The van der Waals surface area contributed by atoms with Gasteiger partial charge in [0.1, 0.15) is 6.04 Å². The summed E-state index contributed by atoms with van der Waals surface area (Å²) >= 11 is 0. The largest absolute Gasteiger partial charge is 0.380 e. The SMILES string of the molecule is CCCCOCCNC(=O)C(N)c1ccccc1. The molecular formula is C14H22N2O2. The number of amides is 1. The van der Waals surface area contributed by atoms with Gasteiger partial charge >= 0.3 is 0 Å². The van der Waals surface area contributed by atoms with Gasteiger partial charge in [-0.2, -0.15) is 0 Å². The second-order valence-electron chi connectivity index (χ2n) is 4.15. The van der Waals surface area contributed by atoms with Gasteiger partial charge in [-0.05, 0) is 12.0 Å². The Hall–Kier alpha value is -1.39. The molecule has 0 aliphatic heterocycles. The average molecular weight is 250 g/mol. The summed E-state index contributed by atoms with van der Waals surface area (Å²) in [6.07, 6.45) is 2.17. The Labute approximate surface area is 109 Å². The Bertz CT molecular complexity index is 341. The maximum absolute atomic E-state index is 11.7. The van der Waals surface area contributed by atoms with E-state index >= 15 is 0 Å². The molecule has 0 fully saturated rings. The second-order valence-corrected chi connectivity index (χ2v) is 4.15. The van der Waals surface area contributed by atoms with E-state index in [1.807, 2.05) is 30.3 Å². The van der Waals surface area contributed by atoms with E-state index < -0.39 is 6.04 Å². The molecule has 0 bridgehead atoms. The summed E-state index contributed by atoms with van der Waals surface area (Å²) < 4.78 is 5.35. The van der Waals surface area contributed by atoms with E-state index in [2.05, 4.69) is 12.2 Å². The van der Waals surface area contributed by atoms with E-state index in [-0.39, 0.29) is 5.91 Å². The third-order valence-corrected chi connectivity index (χ3v) is 2.63. The van der Waals surface area contributed by atoms with Crippen molar-refractivity contribution in [2.75, 3.05) is 19.8 Å². The van der Waals surface area contributed by atoms with Crippen LogP contribution in [0.15, 0.2) is 30.3 Å². The lowest BCUT2D eigenvalue weighted by molar-refractivity contribution is -0.122. The highest BCUT2D eigenvalue weighted by Crippen LogP contribution is 2.08. The molecule has 0 spiro atoms. The van der Waals surface area contributed by atoms with Crippen LogP contribution in [0.4, 0.5) is 0 Å². The van der Waals surface area contributed by atoms with Gasteiger partial charge < -0.3 is 15.8 Å². The minimum absolute atomic E-state index is 0.166. The van der Waals surface area contributed by atoms with Crippen LogP contribution in [0.3, 0.4) is 0 Å². The molecule has 1 rings (SSSR count). The van der Waals surface area contributed by atoms with Crippen LogP contribution in [0.5, 0.6) is 0 Å². The molecule has 0 aliphatic rings. The lowest BCUT2D eigenvalue weighted by Gasteiger charge is -2.12. The number of hydrogen-bond acceptors (Lipinski definition) is 3. The van der Waals surface area contributed by atoms with Crippen molar-refractivity contribution in [3.8, 4) is 0 Å². The van der Waals surface area contributed by atoms with E-state index in [9.17, 15) is 4.79 Å². The molecule has 1 aromatic carbocycles. The van der Waals surface area contributed by atoms with Gasteiger partial charge in [0.15, 0.2) is 0 Å². The highest BCUT2D eigenvalue weighted by molar-refractivity contribution is 5.82. The normalized spacial score (nSPS) is 12.1. The maximum atomic E-state index is 11.7. The first-order valence-corrected chi connectivity index (χ1v) is 6.41. The Kier molecular flexibility index (Phi) is 7.06. The van der Waals surface area contributed by atoms with Crippen LogP contribution in [-0.4, -0.2) is 25.7 Å². The molecule has 3 N–H and O–H groups in total. The molecule has 18 heavy (non-hydrogen) atoms. The molecule has 1 atom stereocenters. The predicted octanol–water partition coefficient (Wildman–Crippen LogP) is 1.62. The van der Waals surface area contributed by atoms with Gasteiger partial charge in [-0.25, -0.2) is 0 Å². The van der Waals surface area contributed by atoms with Crippen LogP contribution in [-0.2, 0) is 9.53 Å². The number of rotatable bonds is 8. The monoisotopic (exact) mass is 250 g/mol. The van der Waals surface area contributed by atoms with Gasteiger partial charge in [0.25, 0.3) is 0 Å². The zero-order chi connectivity index (χ0) is 13.2. The summed E-state index contributed by atoms with van der Waals surface area (Å²) in [5.41, 5.74) is 6.67. The fourth-order valence-corrected chi connectivity index (χ4v) is 1.52. The van der Waals surface area contributed by atoms with Gasteiger partial charge in [-0.15, -0.1) is 0 Å². The first-order valence-electron chi connectivity index (χ1n) is 6.41. The molecular weight excluding hydrogens is 228 g/mol. The summed E-state index contributed by atoms with van der Waals surface area (Å²) in [5, 5.41) is 2.77. The number of carbonyl (C=O) groups excluding carboxylic acids is 1. The molecule has 1 amide bonds. The summed E-state index contributed by atoms with van der Waals surface area (Å²) in [6.45, 7) is 3.90. The number of carbonyl (C=O) groups is 1. The first kappa shape index (κ1) is 14.7. The quantitative estimate of drug-likeness (QED) is 0.689. The summed E-state index contributed by atoms with van der Waals surface area (Å²) in [7, 11) is 0. The molecule has 0 heterocycles. The van der Waals surface area contributed by atoms with Gasteiger partial charge in [-0.3, -0.25) is 4.79 Å². The highest BCUT2D eigenvalue weighted by atomic mass is 16.5. The number of benzene rings is 1. The standard InChI is InChI=1S/C14H22N2O2/c1-2-3-10-18-11-9-16-14(17)13(15)12-7-5-4-6-8-12/h4-8,13H,2-3,9-11,15H2,1H3,(H,16,17). The number of ether oxygens (including phenoxy) is 1. The molecule has 0 saturated heterocycles. The molecule has 0 saturated carbocycles. The fraction of sp³-hybridized carbons (Fsp3) is 0.500. The van der Waals surface area contributed by atoms with Gasteiger partial charge in [0.05, 0.1) is 6.61 Å². The lowest BCUT2D eigenvalue weighted by atomic mass is 10.1. The van der Waals surface area contributed by atoms with Gasteiger partial charge in [0, 0.05) is 13.2 Å². The van der Waals surface area contributed by atoms with E-state index in [0.29, 0.717) is 13.2 Å².